The van der Waals surface area contributed by atoms with Crippen LogP contribution in [0.1, 0.15) is 12.8 Å². The number of benzene rings is 2. The Labute approximate surface area is 145 Å². The van der Waals surface area contributed by atoms with Crippen molar-refractivity contribution in [3.63, 3.8) is 0 Å². The monoisotopic (exact) mass is 346 g/mol. The van der Waals surface area contributed by atoms with Crippen LogP contribution in [0.15, 0.2) is 48.5 Å². The van der Waals surface area contributed by atoms with Crippen molar-refractivity contribution in [3.05, 3.63) is 53.6 Å². The van der Waals surface area contributed by atoms with E-state index in [1.807, 2.05) is 12.1 Å². The minimum atomic E-state index is -0.328. The molecule has 1 aliphatic rings. The van der Waals surface area contributed by atoms with Crippen LogP contribution in [0.25, 0.3) is 0 Å². The SMILES string of the molecule is O=C(Nc1ccc(OC[C@@H]2CCCO2)cc1)Nc1cccc(Cl)c1. The van der Waals surface area contributed by atoms with Crippen molar-refractivity contribution in [1.82, 2.24) is 0 Å². The molecule has 2 amide bonds. The average molecular weight is 347 g/mol. The van der Waals surface area contributed by atoms with E-state index in [0.717, 1.165) is 25.2 Å². The summed E-state index contributed by atoms with van der Waals surface area (Å²) in [6.45, 7) is 1.38. The normalized spacial score (nSPS) is 16.6. The van der Waals surface area contributed by atoms with Crippen LogP contribution in [-0.4, -0.2) is 25.3 Å². The molecule has 1 heterocycles. The number of hydrogen-bond donors (Lipinski definition) is 2. The number of hydrogen-bond acceptors (Lipinski definition) is 3. The highest BCUT2D eigenvalue weighted by Gasteiger charge is 2.15. The summed E-state index contributed by atoms with van der Waals surface area (Å²) < 4.78 is 11.2. The number of urea groups is 1. The van der Waals surface area contributed by atoms with Crippen LogP contribution in [0.4, 0.5) is 16.2 Å². The first-order valence-electron chi connectivity index (χ1n) is 7.87. The van der Waals surface area contributed by atoms with Crippen molar-refractivity contribution >= 4 is 29.0 Å². The maximum Gasteiger partial charge on any atom is 0.323 e. The van der Waals surface area contributed by atoms with Crippen molar-refractivity contribution < 1.29 is 14.3 Å². The van der Waals surface area contributed by atoms with E-state index in [0.29, 0.717) is 23.0 Å². The zero-order valence-corrected chi connectivity index (χ0v) is 13.9. The second kappa shape index (κ2) is 8.04. The van der Waals surface area contributed by atoms with Gasteiger partial charge in [-0.15, -0.1) is 0 Å². The Morgan fingerprint density at radius 2 is 1.96 bits per heavy atom. The van der Waals surface area contributed by atoms with Gasteiger partial charge in [-0.2, -0.15) is 0 Å². The van der Waals surface area contributed by atoms with Gasteiger partial charge >= 0.3 is 6.03 Å². The molecule has 2 N–H and O–H groups in total. The van der Waals surface area contributed by atoms with Crippen LogP contribution in [0.3, 0.4) is 0 Å². The number of rotatable bonds is 5. The van der Waals surface area contributed by atoms with Gasteiger partial charge in [0.25, 0.3) is 0 Å². The van der Waals surface area contributed by atoms with Gasteiger partial charge in [-0.1, -0.05) is 17.7 Å². The van der Waals surface area contributed by atoms with E-state index in [4.69, 9.17) is 21.1 Å². The Morgan fingerprint density at radius 3 is 2.67 bits per heavy atom. The standard InChI is InChI=1S/C18H19ClN2O3/c19-13-3-1-4-15(11-13)21-18(22)20-14-6-8-16(9-7-14)24-12-17-5-2-10-23-17/h1,3-4,6-9,11,17H,2,5,10,12H2,(H2,20,21,22)/t17-/m0/s1. The molecule has 2 aromatic carbocycles. The number of anilines is 2. The molecule has 126 valence electrons. The van der Waals surface area contributed by atoms with E-state index in [1.165, 1.54) is 0 Å². The van der Waals surface area contributed by atoms with E-state index < -0.39 is 0 Å². The number of carbonyl (C=O) groups excluding carboxylic acids is 1. The third-order valence-corrected chi connectivity index (χ3v) is 3.89. The highest BCUT2D eigenvalue weighted by atomic mass is 35.5. The molecule has 3 rings (SSSR count). The van der Waals surface area contributed by atoms with E-state index in [-0.39, 0.29) is 12.1 Å². The smallest absolute Gasteiger partial charge is 0.323 e. The first-order chi connectivity index (χ1) is 11.7. The Morgan fingerprint density at radius 1 is 1.17 bits per heavy atom. The molecule has 0 radical (unpaired) electrons. The second-order valence-corrected chi connectivity index (χ2v) is 6.00. The van der Waals surface area contributed by atoms with Gasteiger partial charge in [0.05, 0.1) is 6.10 Å². The molecule has 0 unspecified atom stereocenters. The van der Waals surface area contributed by atoms with Gasteiger partial charge < -0.3 is 20.1 Å². The van der Waals surface area contributed by atoms with Crippen molar-refractivity contribution in [2.24, 2.45) is 0 Å². The maximum atomic E-state index is 12.0. The van der Waals surface area contributed by atoms with E-state index in [1.54, 1.807) is 36.4 Å². The Balaban J connectivity index is 1.49. The van der Waals surface area contributed by atoms with E-state index in [9.17, 15) is 4.79 Å². The lowest BCUT2D eigenvalue weighted by atomic mass is 10.2. The average Bonchev–Trinajstić information content (AvgIpc) is 3.07. The van der Waals surface area contributed by atoms with Gasteiger partial charge in [0.1, 0.15) is 12.4 Å². The van der Waals surface area contributed by atoms with Gasteiger partial charge in [0.15, 0.2) is 0 Å². The number of nitrogens with one attached hydrogen (secondary N) is 2. The fourth-order valence-electron chi connectivity index (χ4n) is 2.46. The molecule has 1 aliphatic heterocycles. The molecular formula is C18H19ClN2O3. The van der Waals surface area contributed by atoms with Crippen LogP contribution >= 0.6 is 11.6 Å². The van der Waals surface area contributed by atoms with Crippen molar-refractivity contribution in [2.45, 2.75) is 18.9 Å². The number of carbonyl (C=O) groups is 1. The van der Waals surface area contributed by atoms with Gasteiger partial charge in [-0.25, -0.2) is 4.79 Å². The molecule has 0 saturated carbocycles. The summed E-state index contributed by atoms with van der Waals surface area (Å²) in [6.07, 6.45) is 2.33. The highest BCUT2D eigenvalue weighted by molar-refractivity contribution is 6.30. The lowest BCUT2D eigenvalue weighted by Crippen LogP contribution is -2.19. The summed E-state index contributed by atoms with van der Waals surface area (Å²) in [5.41, 5.74) is 1.32. The molecule has 0 aromatic heterocycles. The Kier molecular flexibility index (Phi) is 5.56. The lowest BCUT2D eigenvalue weighted by Gasteiger charge is -2.12. The minimum Gasteiger partial charge on any atom is -0.491 e. The predicted octanol–water partition coefficient (Wildman–Crippen LogP) is 4.54. The van der Waals surface area contributed by atoms with Crippen LogP contribution < -0.4 is 15.4 Å². The van der Waals surface area contributed by atoms with Gasteiger partial charge in [-0.3, -0.25) is 0 Å². The number of ether oxygens (including phenoxy) is 2. The molecular weight excluding hydrogens is 328 g/mol. The first kappa shape index (κ1) is 16.6. The summed E-state index contributed by atoms with van der Waals surface area (Å²) in [4.78, 5) is 12.0. The molecule has 1 saturated heterocycles. The van der Waals surface area contributed by atoms with Gasteiger partial charge in [0.2, 0.25) is 0 Å². The zero-order valence-electron chi connectivity index (χ0n) is 13.1. The molecule has 24 heavy (non-hydrogen) atoms. The van der Waals surface area contributed by atoms with Crippen molar-refractivity contribution in [1.29, 1.82) is 0 Å². The molecule has 0 spiro atoms. The third-order valence-electron chi connectivity index (χ3n) is 3.65. The quantitative estimate of drug-likeness (QED) is 0.835. The highest BCUT2D eigenvalue weighted by Crippen LogP contribution is 2.19. The molecule has 6 heteroatoms. The zero-order chi connectivity index (χ0) is 16.8. The lowest BCUT2D eigenvalue weighted by molar-refractivity contribution is 0.0679. The Bertz CT molecular complexity index is 685. The molecule has 1 fully saturated rings. The van der Waals surface area contributed by atoms with Gasteiger partial charge in [0, 0.05) is 23.0 Å². The topological polar surface area (TPSA) is 59.6 Å². The molecule has 5 nitrogen and oxygen atoms in total. The van der Waals surface area contributed by atoms with Crippen LogP contribution in [0.5, 0.6) is 5.75 Å². The minimum absolute atomic E-state index is 0.186. The first-order valence-corrected chi connectivity index (χ1v) is 8.25. The molecule has 1 atom stereocenters. The second-order valence-electron chi connectivity index (χ2n) is 5.56. The fraction of sp³-hybridized carbons (Fsp3) is 0.278. The summed E-state index contributed by atoms with van der Waals surface area (Å²) >= 11 is 5.89. The summed E-state index contributed by atoms with van der Waals surface area (Å²) in [6, 6.07) is 13.9. The molecule has 0 bridgehead atoms. The van der Waals surface area contributed by atoms with Crippen molar-refractivity contribution in [2.75, 3.05) is 23.8 Å². The summed E-state index contributed by atoms with van der Waals surface area (Å²) in [5, 5.41) is 6.06. The predicted molar refractivity (Wildman–Crippen MR) is 95.0 cm³/mol. The van der Waals surface area contributed by atoms with E-state index in [2.05, 4.69) is 10.6 Å². The van der Waals surface area contributed by atoms with Crippen LogP contribution in [0.2, 0.25) is 5.02 Å². The third kappa shape index (κ3) is 4.88. The maximum absolute atomic E-state index is 12.0. The van der Waals surface area contributed by atoms with Crippen LogP contribution in [0, 0.1) is 0 Å². The Hall–Kier alpha value is -2.24. The molecule has 0 aliphatic carbocycles. The van der Waals surface area contributed by atoms with Gasteiger partial charge in [-0.05, 0) is 55.3 Å². The largest absolute Gasteiger partial charge is 0.491 e. The number of halogens is 1. The summed E-state index contributed by atoms with van der Waals surface area (Å²) in [7, 11) is 0. The van der Waals surface area contributed by atoms with E-state index >= 15 is 0 Å². The summed E-state index contributed by atoms with van der Waals surface area (Å²) in [5.74, 6) is 0.756. The fourth-order valence-corrected chi connectivity index (χ4v) is 2.65. The van der Waals surface area contributed by atoms with Crippen LogP contribution in [-0.2, 0) is 4.74 Å². The number of amides is 2. The van der Waals surface area contributed by atoms with Crippen molar-refractivity contribution in [3.8, 4) is 5.75 Å². The molecule has 2 aromatic rings.